The highest BCUT2D eigenvalue weighted by Crippen LogP contribution is 2.18. The molecule has 0 radical (unpaired) electrons. The van der Waals surface area contributed by atoms with Gasteiger partial charge in [-0.1, -0.05) is 31.2 Å². The SMILES string of the molecule is CC1CCCN(Cc2ccc(C(=O)NCc3cccc(OC(C)C)c3)cc2)C1. The van der Waals surface area contributed by atoms with Crippen LogP contribution in [0.4, 0.5) is 0 Å². The Balaban J connectivity index is 1.52. The van der Waals surface area contributed by atoms with Gasteiger partial charge in [0.25, 0.3) is 5.91 Å². The van der Waals surface area contributed by atoms with Crippen LogP contribution < -0.4 is 10.1 Å². The number of hydrogen-bond acceptors (Lipinski definition) is 3. The first-order chi connectivity index (χ1) is 13.5. The largest absolute Gasteiger partial charge is 0.491 e. The molecule has 1 heterocycles. The third-order valence-corrected chi connectivity index (χ3v) is 5.09. The monoisotopic (exact) mass is 380 g/mol. The molecule has 150 valence electrons. The maximum Gasteiger partial charge on any atom is 0.251 e. The molecule has 1 N–H and O–H groups in total. The molecule has 1 saturated heterocycles. The zero-order valence-corrected chi connectivity index (χ0v) is 17.3. The smallest absolute Gasteiger partial charge is 0.251 e. The molecule has 1 aliphatic heterocycles. The number of nitrogens with one attached hydrogen (secondary N) is 1. The van der Waals surface area contributed by atoms with E-state index < -0.39 is 0 Å². The lowest BCUT2D eigenvalue weighted by molar-refractivity contribution is 0.0950. The van der Waals surface area contributed by atoms with Gasteiger partial charge in [0.2, 0.25) is 0 Å². The number of likely N-dealkylation sites (tertiary alicyclic amines) is 1. The second-order valence-electron chi connectivity index (χ2n) is 8.18. The standard InChI is InChI=1S/C24H32N2O2/c1-18(2)28-23-8-4-7-21(14-23)15-25-24(27)22-11-9-20(10-12-22)17-26-13-5-6-19(3)16-26/h4,7-12,14,18-19H,5-6,13,15-17H2,1-3H3,(H,25,27). The van der Waals surface area contributed by atoms with Crippen LogP contribution in [-0.4, -0.2) is 30.0 Å². The Morgan fingerprint density at radius 3 is 2.68 bits per heavy atom. The first-order valence-corrected chi connectivity index (χ1v) is 10.3. The predicted octanol–water partition coefficient (Wildman–Crippen LogP) is 4.64. The summed E-state index contributed by atoms with van der Waals surface area (Å²) in [5, 5.41) is 3.00. The summed E-state index contributed by atoms with van der Waals surface area (Å²) in [5.41, 5.74) is 3.00. The summed E-state index contributed by atoms with van der Waals surface area (Å²) in [7, 11) is 0. The number of amides is 1. The van der Waals surface area contributed by atoms with E-state index >= 15 is 0 Å². The maximum atomic E-state index is 12.5. The molecule has 0 saturated carbocycles. The van der Waals surface area contributed by atoms with Gasteiger partial charge in [0.05, 0.1) is 6.10 Å². The molecule has 1 atom stereocenters. The number of carbonyl (C=O) groups is 1. The number of rotatable bonds is 7. The zero-order valence-electron chi connectivity index (χ0n) is 17.3. The van der Waals surface area contributed by atoms with Crippen molar-refractivity contribution in [1.29, 1.82) is 0 Å². The molecule has 0 aliphatic carbocycles. The van der Waals surface area contributed by atoms with Crippen LogP contribution in [0.2, 0.25) is 0 Å². The van der Waals surface area contributed by atoms with Crippen molar-refractivity contribution in [2.45, 2.75) is 52.8 Å². The number of ether oxygens (including phenoxy) is 1. The Bertz CT molecular complexity index is 770. The average Bonchev–Trinajstić information content (AvgIpc) is 2.66. The van der Waals surface area contributed by atoms with Crippen molar-refractivity contribution < 1.29 is 9.53 Å². The van der Waals surface area contributed by atoms with E-state index in [1.54, 1.807) is 0 Å². The van der Waals surface area contributed by atoms with Gasteiger partial charge >= 0.3 is 0 Å². The predicted molar refractivity (Wildman–Crippen MR) is 113 cm³/mol. The van der Waals surface area contributed by atoms with Gasteiger partial charge in [0.1, 0.15) is 5.75 Å². The second kappa shape index (κ2) is 9.74. The topological polar surface area (TPSA) is 41.6 Å². The molecule has 2 aromatic rings. The van der Waals surface area contributed by atoms with E-state index in [-0.39, 0.29) is 12.0 Å². The Kier molecular flexibility index (Phi) is 7.10. The van der Waals surface area contributed by atoms with Crippen molar-refractivity contribution >= 4 is 5.91 Å². The molecule has 1 fully saturated rings. The first kappa shape index (κ1) is 20.4. The van der Waals surface area contributed by atoms with Gasteiger partial charge in [0.15, 0.2) is 0 Å². The summed E-state index contributed by atoms with van der Waals surface area (Å²) in [4.78, 5) is 15.0. The number of hydrogen-bond donors (Lipinski definition) is 1. The molecule has 4 heteroatoms. The summed E-state index contributed by atoms with van der Waals surface area (Å²) >= 11 is 0. The molecule has 1 aliphatic rings. The maximum absolute atomic E-state index is 12.5. The van der Waals surface area contributed by atoms with E-state index in [1.807, 2.05) is 50.2 Å². The van der Waals surface area contributed by atoms with E-state index in [0.29, 0.717) is 12.1 Å². The van der Waals surface area contributed by atoms with Crippen LogP contribution in [0.3, 0.4) is 0 Å². The summed E-state index contributed by atoms with van der Waals surface area (Å²) in [6.07, 6.45) is 2.75. The quantitative estimate of drug-likeness (QED) is 0.761. The van der Waals surface area contributed by atoms with Gasteiger partial charge in [-0.15, -0.1) is 0 Å². The average molecular weight is 381 g/mol. The minimum absolute atomic E-state index is 0.0478. The zero-order chi connectivity index (χ0) is 19.9. The fourth-order valence-electron chi connectivity index (χ4n) is 3.74. The number of carbonyl (C=O) groups excluding carboxylic acids is 1. The molecule has 3 rings (SSSR count). The molecule has 0 spiro atoms. The first-order valence-electron chi connectivity index (χ1n) is 10.3. The van der Waals surface area contributed by atoms with Crippen molar-refractivity contribution in [3.05, 3.63) is 65.2 Å². The second-order valence-corrected chi connectivity index (χ2v) is 8.18. The van der Waals surface area contributed by atoms with E-state index in [2.05, 4.69) is 29.3 Å². The number of piperidine rings is 1. The Labute approximate surface area is 168 Å². The van der Waals surface area contributed by atoms with E-state index in [1.165, 1.54) is 31.5 Å². The van der Waals surface area contributed by atoms with Crippen LogP contribution in [0.5, 0.6) is 5.75 Å². The van der Waals surface area contributed by atoms with Gasteiger partial charge in [-0.05, 0) is 74.5 Å². The van der Waals surface area contributed by atoms with Crippen LogP contribution >= 0.6 is 0 Å². The third kappa shape index (κ3) is 6.10. The minimum Gasteiger partial charge on any atom is -0.491 e. The van der Waals surface area contributed by atoms with E-state index in [0.717, 1.165) is 23.8 Å². The van der Waals surface area contributed by atoms with Gasteiger partial charge in [-0.3, -0.25) is 9.69 Å². The fourth-order valence-corrected chi connectivity index (χ4v) is 3.74. The normalized spacial score (nSPS) is 17.5. The van der Waals surface area contributed by atoms with Crippen molar-refractivity contribution in [2.24, 2.45) is 5.92 Å². The van der Waals surface area contributed by atoms with Gasteiger partial charge < -0.3 is 10.1 Å². The molecule has 2 aromatic carbocycles. The van der Waals surface area contributed by atoms with Gasteiger partial charge in [-0.25, -0.2) is 0 Å². The Morgan fingerprint density at radius 1 is 1.18 bits per heavy atom. The van der Waals surface area contributed by atoms with Crippen molar-refractivity contribution in [2.75, 3.05) is 13.1 Å². The van der Waals surface area contributed by atoms with Crippen LogP contribution in [-0.2, 0) is 13.1 Å². The summed E-state index contributed by atoms with van der Waals surface area (Å²) < 4.78 is 5.71. The van der Waals surface area contributed by atoms with Crippen LogP contribution in [0.25, 0.3) is 0 Å². The summed E-state index contributed by atoms with van der Waals surface area (Å²) in [6.45, 7) is 10.1. The third-order valence-electron chi connectivity index (χ3n) is 5.09. The lowest BCUT2D eigenvalue weighted by Gasteiger charge is -2.30. The van der Waals surface area contributed by atoms with Crippen LogP contribution in [0, 0.1) is 5.92 Å². The molecule has 0 aromatic heterocycles. The molecule has 28 heavy (non-hydrogen) atoms. The Hall–Kier alpha value is -2.33. The Morgan fingerprint density at radius 2 is 1.96 bits per heavy atom. The lowest BCUT2D eigenvalue weighted by atomic mass is 9.99. The highest BCUT2D eigenvalue weighted by molar-refractivity contribution is 5.94. The van der Waals surface area contributed by atoms with Crippen molar-refractivity contribution in [3.63, 3.8) is 0 Å². The molecule has 1 unspecified atom stereocenters. The van der Waals surface area contributed by atoms with E-state index in [4.69, 9.17) is 4.74 Å². The highest BCUT2D eigenvalue weighted by atomic mass is 16.5. The van der Waals surface area contributed by atoms with Crippen molar-refractivity contribution in [1.82, 2.24) is 10.2 Å². The molecule has 4 nitrogen and oxygen atoms in total. The summed E-state index contributed by atoms with van der Waals surface area (Å²) in [6, 6.07) is 15.9. The fraction of sp³-hybridized carbons (Fsp3) is 0.458. The molecular formula is C24H32N2O2. The molecule has 0 bridgehead atoms. The van der Waals surface area contributed by atoms with Gasteiger partial charge in [0, 0.05) is 25.2 Å². The molecule has 1 amide bonds. The van der Waals surface area contributed by atoms with Gasteiger partial charge in [-0.2, -0.15) is 0 Å². The van der Waals surface area contributed by atoms with Crippen LogP contribution in [0.15, 0.2) is 48.5 Å². The summed E-state index contributed by atoms with van der Waals surface area (Å²) in [5.74, 6) is 1.56. The number of benzene rings is 2. The minimum atomic E-state index is -0.0478. The number of nitrogens with zero attached hydrogens (tertiary/aromatic N) is 1. The van der Waals surface area contributed by atoms with Crippen molar-refractivity contribution in [3.8, 4) is 5.75 Å². The molecular weight excluding hydrogens is 348 g/mol. The van der Waals surface area contributed by atoms with Crippen LogP contribution in [0.1, 0.15) is 55.1 Å². The highest BCUT2D eigenvalue weighted by Gasteiger charge is 2.16. The lowest BCUT2D eigenvalue weighted by Crippen LogP contribution is -2.33. The van der Waals surface area contributed by atoms with E-state index in [9.17, 15) is 4.79 Å².